The Morgan fingerprint density at radius 2 is 2.15 bits per heavy atom. The quantitative estimate of drug-likeness (QED) is 0.843. The van der Waals surface area contributed by atoms with Crippen LogP contribution in [0, 0.1) is 5.82 Å². The first-order valence-electron chi connectivity index (χ1n) is 5.85. The highest BCUT2D eigenvalue weighted by molar-refractivity contribution is 6.04. The summed E-state index contributed by atoms with van der Waals surface area (Å²) in [6.45, 7) is 0. The maximum atomic E-state index is 13.9. The van der Waals surface area contributed by atoms with E-state index in [1.54, 1.807) is 0 Å². The Bertz CT molecular complexity index is 701. The predicted molar refractivity (Wildman–Crippen MR) is 69.9 cm³/mol. The van der Waals surface area contributed by atoms with Crippen molar-refractivity contribution in [2.75, 3.05) is 0 Å². The van der Waals surface area contributed by atoms with Crippen molar-refractivity contribution in [3.63, 3.8) is 0 Å². The van der Waals surface area contributed by atoms with Crippen molar-refractivity contribution in [3.05, 3.63) is 48.2 Å². The first-order valence-corrected chi connectivity index (χ1v) is 5.85. The monoisotopic (exact) mass is 271 g/mol. The zero-order valence-electron chi connectivity index (χ0n) is 10.2. The summed E-state index contributed by atoms with van der Waals surface area (Å²) >= 11 is 0. The van der Waals surface area contributed by atoms with Gasteiger partial charge in [0.25, 0.3) is 5.91 Å². The second-order valence-electron chi connectivity index (χ2n) is 4.24. The lowest BCUT2D eigenvalue weighted by atomic mass is 10.0. The average Bonchev–Trinajstić information content (AvgIpc) is 2.79. The summed E-state index contributed by atoms with van der Waals surface area (Å²) in [5.74, 6) is -0.714. The molecule has 6 nitrogen and oxygen atoms in total. The lowest BCUT2D eigenvalue weighted by Gasteiger charge is -2.08. The fraction of sp³-hybridized carbons (Fsp3) is 0.0769. The molecule has 1 amide bonds. The van der Waals surface area contributed by atoms with Crippen LogP contribution in [0.15, 0.2) is 41.8 Å². The fourth-order valence-electron chi connectivity index (χ4n) is 2.00. The van der Waals surface area contributed by atoms with Crippen LogP contribution in [-0.4, -0.2) is 21.8 Å². The smallest absolute Gasteiger partial charge is 0.256 e. The van der Waals surface area contributed by atoms with Crippen molar-refractivity contribution in [3.8, 4) is 11.3 Å². The third-order valence-electron chi connectivity index (χ3n) is 2.91. The molecule has 1 aromatic carbocycles. The van der Waals surface area contributed by atoms with Crippen molar-refractivity contribution in [2.45, 2.75) is 6.04 Å². The highest BCUT2D eigenvalue weighted by Crippen LogP contribution is 2.27. The molecule has 3 rings (SSSR count). The summed E-state index contributed by atoms with van der Waals surface area (Å²) in [6.07, 6.45) is 4.43. The molecule has 0 bridgehead atoms. The van der Waals surface area contributed by atoms with Crippen LogP contribution in [-0.2, 0) is 4.79 Å². The van der Waals surface area contributed by atoms with Crippen LogP contribution >= 0.6 is 0 Å². The van der Waals surface area contributed by atoms with E-state index in [9.17, 15) is 9.18 Å². The van der Waals surface area contributed by atoms with Crippen LogP contribution in [0.1, 0.15) is 11.6 Å². The number of halogens is 1. The number of benzene rings is 1. The van der Waals surface area contributed by atoms with Gasteiger partial charge in [-0.1, -0.05) is 6.07 Å². The van der Waals surface area contributed by atoms with E-state index in [-0.39, 0.29) is 17.4 Å². The Morgan fingerprint density at radius 3 is 2.80 bits per heavy atom. The molecule has 0 aliphatic carbocycles. The van der Waals surface area contributed by atoms with Crippen molar-refractivity contribution in [2.24, 2.45) is 10.7 Å². The number of rotatable bonds is 2. The van der Waals surface area contributed by atoms with E-state index in [0.29, 0.717) is 11.3 Å². The molecule has 0 fully saturated rings. The van der Waals surface area contributed by atoms with Gasteiger partial charge in [-0.15, -0.1) is 0 Å². The Balaban J connectivity index is 2.06. The van der Waals surface area contributed by atoms with Crippen molar-refractivity contribution in [1.82, 2.24) is 15.3 Å². The van der Waals surface area contributed by atoms with Gasteiger partial charge in [0.05, 0.1) is 11.9 Å². The van der Waals surface area contributed by atoms with Gasteiger partial charge in [-0.2, -0.15) is 0 Å². The highest BCUT2D eigenvalue weighted by atomic mass is 19.1. The van der Waals surface area contributed by atoms with Gasteiger partial charge < -0.3 is 5.73 Å². The fourth-order valence-corrected chi connectivity index (χ4v) is 2.00. The van der Waals surface area contributed by atoms with E-state index in [1.807, 2.05) is 0 Å². The summed E-state index contributed by atoms with van der Waals surface area (Å²) < 4.78 is 13.9. The van der Waals surface area contributed by atoms with E-state index in [4.69, 9.17) is 5.73 Å². The third kappa shape index (κ3) is 2.09. The molecule has 1 aliphatic rings. The average molecular weight is 271 g/mol. The Kier molecular flexibility index (Phi) is 2.86. The molecular formula is C13H10FN5O. The number of nitrogens with one attached hydrogen (secondary N) is 1. The number of carbonyl (C=O) groups is 1. The highest BCUT2D eigenvalue weighted by Gasteiger charge is 2.27. The molecule has 3 N–H and O–H groups in total. The first-order chi connectivity index (χ1) is 9.65. The van der Waals surface area contributed by atoms with E-state index >= 15 is 0 Å². The summed E-state index contributed by atoms with van der Waals surface area (Å²) in [7, 11) is 0. The van der Waals surface area contributed by atoms with Crippen LogP contribution in [0.25, 0.3) is 11.3 Å². The minimum Gasteiger partial charge on any atom is -0.370 e. The van der Waals surface area contributed by atoms with Gasteiger partial charge in [-0.05, 0) is 17.7 Å². The van der Waals surface area contributed by atoms with Gasteiger partial charge in [-0.3, -0.25) is 20.1 Å². The van der Waals surface area contributed by atoms with Crippen LogP contribution in [0.2, 0.25) is 0 Å². The van der Waals surface area contributed by atoms with Crippen LogP contribution < -0.4 is 11.1 Å². The first kappa shape index (κ1) is 12.2. The van der Waals surface area contributed by atoms with Gasteiger partial charge in [0.2, 0.25) is 0 Å². The summed E-state index contributed by atoms with van der Waals surface area (Å²) in [4.78, 5) is 23.6. The standard InChI is InChI=1S/C13H10FN5O/c14-9-2-1-7(11-12(20)19-13(15)18-11)5-8(9)10-6-16-3-4-17-10/h1-6,11H,(H3,15,18,19,20). The molecule has 0 saturated carbocycles. The lowest BCUT2D eigenvalue weighted by Crippen LogP contribution is -2.31. The topological polar surface area (TPSA) is 93.3 Å². The molecular weight excluding hydrogens is 261 g/mol. The van der Waals surface area contributed by atoms with Crippen LogP contribution in [0.3, 0.4) is 0 Å². The van der Waals surface area contributed by atoms with E-state index in [1.165, 1.54) is 36.8 Å². The second-order valence-corrected chi connectivity index (χ2v) is 4.24. The number of hydrogen-bond donors (Lipinski definition) is 2. The van der Waals surface area contributed by atoms with Crippen molar-refractivity contribution in [1.29, 1.82) is 0 Å². The summed E-state index contributed by atoms with van der Waals surface area (Å²) in [5.41, 5.74) is 6.66. The summed E-state index contributed by atoms with van der Waals surface area (Å²) in [6, 6.07) is 3.55. The molecule has 100 valence electrons. The number of aromatic nitrogens is 2. The van der Waals surface area contributed by atoms with Crippen molar-refractivity contribution < 1.29 is 9.18 Å². The zero-order chi connectivity index (χ0) is 14.1. The molecule has 0 spiro atoms. The Morgan fingerprint density at radius 1 is 1.30 bits per heavy atom. The summed E-state index contributed by atoms with van der Waals surface area (Å²) in [5, 5.41) is 2.41. The predicted octanol–water partition coefficient (Wildman–Crippen LogP) is 0.768. The van der Waals surface area contributed by atoms with Crippen molar-refractivity contribution >= 4 is 11.9 Å². The normalized spacial score (nSPS) is 17.8. The molecule has 7 heteroatoms. The van der Waals surface area contributed by atoms with E-state index in [0.717, 1.165) is 0 Å². The Labute approximate surface area is 113 Å². The maximum absolute atomic E-state index is 13.9. The number of amides is 1. The molecule has 1 aliphatic heterocycles. The number of carbonyl (C=O) groups excluding carboxylic acids is 1. The maximum Gasteiger partial charge on any atom is 0.256 e. The zero-order valence-corrected chi connectivity index (χ0v) is 10.2. The number of guanidine groups is 1. The molecule has 0 saturated heterocycles. The van der Waals surface area contributed by atoms with Crippen LogP contribution in [0.5, 0.6) is 0 Å². The molecule has 2 aromatic rings. The van der Waals surface area contributed by atoms with E-state index in [2.05, 4.69) is 20.3 Å². The molecule has 20 heavy (non-hydrogen) atoms. The number of nitrogens with two attached hydrogens (primary N) is 1. The van der Waals surface area contributed by atoms with Gasteiger partial charge in [0, 0.05) is 18.0 Å². The molecule has 1 atom stereocenters. The molecule has 0 radical (unpaired) electrons. The minimum absolute atomic E-state index is 0.0605. The molecule has 1 aromatic heterocycles. The van der Waals surface area contributed by atoms with Crippen LogP contribution in [0.4, 0.5) is 4.39 Å². The van der Waals surface area contributed by atoms with Gasteiger partial charge in [-0.25, -0.2) is 9.38 Å². The van der Waals surface area contributed by atoms with Gasteiger partial charge >= 0.3 is 0 Å². The number of hydrogen-bond acceptors (Lipinski definition) is 5. The third-order valence-corrected chi connectivity index (χ3v) is 2.91. The number of nitrogens with zero attached hydrogens (tertiary/aromatic N) is 3. The SMILES string of the molecule is NC1=NC(c2ccc(F)c(-c3cnccn3)c2)C(=O)N1. The van der Waals surface area contributed by atoms with Gasteiger partial charge in [0.1, 0.15) is 5.82 Å². The molecule has 2 heterocycles. The largest absolute Gasteiger partial charge is 0.370 e. The number of aliphatic imine (C=N–C) groups is 1. The Hall–Kier alpha value is -2.83. The minimum atomic E-state index is -0.758. The second kappa shape index (κ2) is 4.69. The molecule has 1 unspecified atom stereocenters. The lowest BCUT2D eigenvalue weighted by molar-refractivity contribution is -0.120. The van der Waals surface area contributed by atoms with E-state index < -0.39 is 11.9 Å². The van der Waals surface area contributed by atoms with Gasteiger partial charge in [0.15, 0.2) is 12.0 Å².